The maximum absolute atomic E-state index is 6.21. The average molecular weight is 264 g/mol. The van der Waals surface area contributed by atoms with Gasteiger partial charge in [-0.05, 0) is 73.2 Å². The van der Waals surface area contributed by atoms with Gasteiger partial charge in [0, 0.05) is 5.02 Å². The van der Waals surface area contributed by atoms with Gasteiger partial charge < -0.3 is 5.73 Å². The van der Waals surface area contributed by atoms with E-state index in [4.69, 9.17) is 17.3 Å². The Kier molecular flexibility index (Phi) is 3.63. The van der Waals surface area contributed by atoms with Gasteiger partial charge in [-0.25, -0.2) is 0 Å². The monoisotopic (exact) mass is 263 g/mol. The Morgan fingerprint density at radius 3 is 2.67 bits per heavy atom. The first kappa shape index (κ1) is 12.5. The van der Waals surface area contributed by atoms with Crippen molar-refractivity contribution in [3.8, 4) is 0 Å². The Hall–Kier alpha value is -0.530. The minimum absolute atomic E-state index is 0.666. The molecule has 2 atom stereocenters. The van der Waals surface area contributed by atoms with Gasteiger partial charge in [-0.15, -0.1) is 0 Å². The Bertz CT molecular complexity index is 423. The molecule has 1 fully saturated rings. The lowest BCUT2D eigenvalue weighted by Crippen LogP contribution is -2.31. The molecule has 1 aromatic rings. The summed E-state index contributed by atoms with van der Waals surface area (Å²) in [5.41, 5.74) is 9.05. The summed E-state index contributed by atoms with van der Waals surface area (Å²) < 4.78 is 0. The molecular weight excluding hydrogens is 242 g/mol. The topological polar surface area (TPSA) is 26.0 Å². The summed E-state index contributed by atoms with van der Waals surface area (Å²) in [5, 5.41) is 0.884. The summed E-state index contributed by atoms with van der Waals surface area (Å²) >= 11 is 6.21. The van der Waals surface area contributed by atoms with Crippen molar-refractivity contribution in [2.45, 2.75) is 44.4 Å². The third kappa shape index (κ3) is 2.19. The molecule has 2 aliphatic carbocycles. The molecule has 2 unspecified atom stereocenters. The molecule has 2 aliphatic rings. The number of fused-ring (bicyclic) bond motifs is 1. The SMILES string of the molecule is NCC1CCc2ccc(Cl)cc2C1C1CCCC1. The molecule has 0 aromatic heterocycles. The maximum atomic E-state index is 6.21. The highest BCUT2D eigenvalue weighted by atomic mass is 35.5. The van der Waals surface area contributed by atoms with Gasteiger partial charge in [0.15, 0.2) is 0 Å². The fraction of sp³-hybridized carbons (Fsp3) is 0.625. The number of benzene rings is 1. The van der Waals surface area contributed by atoms with Crippen molar-refractivity contribution in [2.24, 2.45) is 17.6 Å². The molecule has 0 amide bonds. The minimum atomic E-state index is 0.666. The van der Waals surface area contributed by atoms with Crippen LogP contribution in [0.25, 0.3) is 0 Å². The molecule has 1 saturated carbocycles. The molecule has 0 radical (unpaired) electrons. The quantitative estimate of drug-likeness (QED) is 0.853. The molecule has 1 aromatic carbocycles. The van der Waals surface area contributed by atoms with E-state index in [0.29, 0.717) is 11.8 Å². The molecule has 98 valence electrons. The van der Waals surface area contributed by atoms with Gasteiger partial charge in [-0.2, -0.15) is 0 Å². The minimum Gasteiger partial charge on any atom is -0.330 e. The Morgan fingerprint density at radius 2 is 1.94 bits per heavy atom. The average Bonchev–Trinajstić information content (AvgIpc) is 2.90. The first-order valence-electron chi connectivity index (χ1n) is 7.28. The van der Waals surface area contributed by atoms with Gasteiger partial charge in [-0.1, -0.05) is 30.5 Å². The van der Waals surface area contributed by atoms with E-state index in [1.54, 1.807) is 0 Å². The zero-order chi connectivity index (χ0) is 12.5. The van der Waals surface area contributed by atoms with Crippen LogP contribution in [0.4, 0.5) is 0 Å². The van der Waals surface area contributed by atoms with Gasteiger partial charge in [0.05, 0.1) is 0 Å². The molecule has 3 rings (SSSR count). The van der Waals surface area contributed by atoms with Crippen LogP contribution in [0.3, 0.4) is 0 Å². The molecule has 0 aliphatic heterocycles. The van der Waals surface area contributed by atoms with E-state index in [0.717, 1.165) is 17.5 Å². The number of rotatable bonds is 2. The molecule has 1 nitrogen and oxygen atoms in total. The summed E-state index contributed by atoms with van der Waals surface area (Å²) in [6.45, 7) is 0.827. The second-order valence-corrected chi connectivity index (χ2v) is 6.38. The van der Waals surface area contributed by atoms with Crippen LogP contribution in [0.5, 0.6) is 0 Å². The number of hydrogen-bond acceptors (Lipinski definition) is 1. The van der Waals surface area contributed by atoms with Gasteiger partial charge in [0.1, 0.15) is 0 Å². The molecule has 0 saturated heterocycles. The predicted molar refractivity (Wildman–Crippen MR) is 77.0 cm³/mol. The normalized spacial score (nSPS) is 28.3. The van der Waals surface area contributed by atoms with E-state index in [1.165, 1.54) is 49.7 Å². The lowest BCUT2D eigenvalue weighted by atomic mass is 9.68. The van der Waals surface area contributed by atoms with Crippen molar-refractivity contribution in [1.82, 2.24) is 0 Å². The largest absolute Gasteiger partial charge is 0.330 e. The molecule has 18 heavy (non-hydrogen) atoms. The van der Waals surface area contributed by atoms with Gasteiger partial charge >= 0.3 is 0 Å². The van der Waals surface area contributed by atoms with Gasteiger partial charge in [0.25, 0.3) is 0 Å². The van der Waals surface area contributed by atoms with Crippen LogP contribution >= 0.6 is 11.6 Å². The molecule has 0 heterocycles. The number of halogens is 1. The standard InChI is InChI=1S/C16H22ClN/c17-14-8-7-11-5-6-13(10-18)16(15(11)9-14)12-3-1-2-4-12/h7-9,12-13,16H,1-6,10,18H2. The van der Waals surface area contributed by atoms with Crippen LogP contribution in [0.2, 0.25) is 5.02 Å². The molecular formula is C16H22ClN. The van der Waals surface area contributed by atoms with Crippen LogP contribution in [-0.4, -0.2) is 6.54 Å². The Labute approximate surface area is 115 Å². The molecule has 0 spiro atoms. The zero-order valence-corrected chi connectivity index (χ0v) is 11.6. The Morgan fingerprint density at radius 1 is 1.17 bits per heavy atom. The summed E-state index contributed by atoms with van der Waals surface area (Å²) in [4.78, 5) is 0. The predicted octanol–water partition coefficient (Wildman–Crippen LogP) is 4.13. The van der Waals surface area contributed by atoms with Crippen molar-refractivity contribution < 1.29 is 0 Å². The summed E-state index contributed by atoms with van der Waals surface area (Å²) in [6.07, 6.45) is 7.99. The third-order valence-electron chi connectivity index (χ3n) is 4.97. The smallest absolute Gasteiger partial charge is 0.0409 e. The van der Waals surface area contributed by atoms with Crippen LogP contribution in [0.1, 0.15) is 49.1 Å². The maximum Gasteiger partial charge on any atom is 0.0409 e. The third-order valence-corrected chi connectivity index (χ3v) is 5.20. The molecule has 0 bridgehead atoms. The van der Waals surface area contributed by atoms with Gasteiger partial charge in [-0.3, -0.25) is 0 Å². The summed E-state index contributed by atoms with van der Waals surface area (Å²) in [7, 11) is 0. The van der Waals surface area contributed by atoms with Crippen molar-refractivity contribution in [3.05, 3.63) is 34.3 Å². The number of nitrogens with two attached hydrogens (primary N) is 1. The van der Waals surface area contributed by atoms with E-state index >= 15 is 0 Å². The van der Waals surface area contributed by atoms with Crippen molar-refractivity contribution in [2.75, 3.05) is 6.54 Å². The number of hydrogen-bond donors (Lipinski definition) is 1. The van der Waals surface area contributed by atoms with E-state index in [2.05, 4.69) is 12.1 Å². The van der Waals surface area contributed by atoms with E-state index in [9.17, 15) is 0 Å². The van der Waals surface area contributed by atoms with Crippen molar-refractivity contribution in [1.29, 1.82) is 0 Å². The zero-order valence-electron chi connectivity index (χ0n) is 10.9. The first-order valence-corrected chi connectivity index (χ1v) is 7.66. The van der Waals surface area contributed by atoms with E-state index < -0.39 is 0 Å². The second-order valence-electron chi connectivity index (χ2n) is 5.95. The molecule has 2 heteroatoms. The van der Waals surface area contributed by atoms with Gasteiger partial charge in [0.2, 0.25) is 0 Å². The highest BCUT2D eigenvalue weighted by molar-refractivity contribution is 6.30. The van der Waals surface area contributed by atoms with Crippen LogP contribution < -0.4 is 5.73 Å². The second kappa shape index (κ2) is 5.22. The van der Waals surface area contributed by atoms with E-state index in [-0.39, 0.29) is 0 Å². The summed E-state index contributed by atoms with van der Waals surface area (Å²) in [6, 6.07) is 6.48. The van der Waals surface area contributed by atoms with Crippen LogP contribution in [0, 0.1) is 11.8 Å². The molecule has 2 N–H and O–H groups in total. The highest BCUT2D eigenvalue weighted by Gasteiger charge is 2.35. The lowest BCUT2D eigenvalue weighted by Gasteiger charge is -2.37. The Balaban J connectivity index is 1.99. The fourth-order valence-electron chi connectivity index (χ4n) is 4.10. The van der Waals surface area contributed by atoms with Crippen molar-refractivity contribution in [3.63, 3.8) is 0 Å². The fourth-order valence-corrected chi connectivity index (χ4v) is 4.28. The number of aryl methyl sites for hydroxylation is 1. The van der Waals surface area contributed by atoms with Crippen LogP contribution in [0.15, 0.2) is 18.2 Å². The highest BCUT2D eigenvalue weighted by Crippen LogP contribution is 2.47. The van der Waals surface area contributed by atoms with E-state index in [1.807, 2.05) is 6.07 Å². The first-order chi connectivity index (χ1) is 8.79. The summed E-state index contributed by atoms with van der Waals surface area (Å²) in [5.74, 6) is 2.18. The van der Waals surface area contributed by atoms with Crippen molar-refractivity contribution >= 4 is 11.6 Å². The lowest BCUT2D eigenvalue weighted by molar-refractivity contribution is 0.285. The van der Waals surface area contributed by atoms with Crippen LogP contribution in [-0.2, 0) is 6.42 Å².